The topological polar surface area (TPSA) is 6.48 Å². The SMILES string of the molecule is Fc1cccc(CN2CCN([C@H]3C[C@@H]4CC[C@@H]3C4)CC2)c1. The van der Waals surface area contributed by atoms with Gasteiger partial charge in [0.1, 0.15) is 5.82 Å². The number of halogens is 1. The maximum Gasteiger partial charge on any atom is 0.123 e. The molecule has 2 saturated carbocycles. The van der Waals surface area contributed by atoms with Gasteiger partial charge >= 0.3 is 0 Å². The molecule has 3 heteroatoms. The van der Waals surface area contributed by atoms with E-state index < -0.39 is 0 Å². The largest absolute Gasteiger partial charge is 0.298 e. The number of nitrogens with zero attached hydrogens (tertiary/aromatic N) is 2. The van der Waals surface area contributed by atoms with Crippen LogP contribution in [0.15, 0.2) is 24.3 Å². The van der Waals surface area contributed by atoms with Crippen LogP contribution in [0.2, 0.25) is 0 Å². The van der Waals surface area contributed by atoms with Crippen LogP contribution in [-0.4, -0.2) is 42.0 Å². The predicted molar refractivity (Wildman–Crippen MR) is 82.5 cm³/mol. The van der Waals surface area contributed by atoms with Crippen molar-refractivity contribution in [1.29, 1.82) is 0 Å². The molecule has 2 bridgehead atoms. The van der Waals surface area contributed by atoms with Crippen LogP contribution in [0, 0.1) is 17.7 Å². The molecule has 1 heterocycles. The third-order valence-corrected chi connectivity index (χ3v) is 5.87. The van der Waals surface area contributed by atoms with E-state index in [1.54, 1.807) is 6.07 Å². The number of rotatable bonds is 3. The van der Waals surface area contributed by atoms with Gasteiger partial charge in [0.25, 0.3) is 0 Å². The fourth-order valence-electron chi connectivity index (χ4n) is 4.80. The first-order valence-electron chi connectivity index (χ1n) is 8.49. The van der Waals surface area contributed by atoms with E-state index in [2.05, 4.69) is 9.80 Å². The summed E-state index contributed by atoms with van der Waals surface area (Å²) in [6.45, 7) is 5.55. The summed E-state index contributed by atoms with van der Waals surface area (Å²) in [5.41, 5.74) is 1.10. The zero-order valence-electron chi connectivity index (χ0n) is 12.7. The zero-order chi connectivity index (χ0) is 14.2. The fraction of sp³-hybridized carbons (Fsp3) is 0.667. The number of fused-ring (bicyclic) bond motifs is 2. The molecule has 3 fully saturated rings. The van der Waals surface area contributed by atoms with Gasteiger partial charge in [0, 0.05) is 38.8 Å². The Hall–Kier alpha value is -0.930. The molecule has 3 aliphatic rings. The second-order valence-electron chi connectivity index (χ2n) is 7.18. The number of piperazine rings is 1. The Kier molecular flexibility index (Phi) is 3.72. The Morgan fingerprint density at radius 3 is 2.57 bits per heavy atom. The molecule has 21 heavy (non-hydrogen) atoms. The van der Waals surface area contributed by atoms with E-state index in [0.717, 1.165) is 43.1 Å². The highest BCUT2D eigenvalue weighted by Gasteiger charge is 2.42. The molecule has 2 aliphatic carbocycles. The highest BCUT2D eigenvalue weighted by molar-refractivity contribution is 5.16. The van der Waals surface area contributed by atoms with E-state index in [9.17, 15) is 4.39 Å². The number of hydrogen-bond donors (Lipinski definition) is 0. The van der Waals surface area contributed by atoms with Gasteiger partial charge in [-0.3, -0.25) is 9.80 Å². The molecular weight excluding hydrogens is 263 g/mol. The molecule has 0 spiro atoms. The number of hydrogen-bond acceptors (Lipinski definition) is 2. The number of benzene rings is 1. The lowest BCUT2D eigenvalue weighted by molar-refractivity contribution is 0.0679. The first-order valence-corrected chi connectivity index (χ1v) is 8.49. The van der Waals surface area contributed by atoms with Crippen molar-refractivity contribution in [3.05, 3.63) is 35.6 Å². The summed E-state index contributed by atoms with van der Waals surface area (Å²) in [6.07, 6.45) is 5.91. The average Bonchev–Trinajstić information content (AvgIpc) is 3.11. The fourth-order valence-corrected chi connectivity index (χ4v) is 4.80. The van der Waals surface area contributed by atoms with Gasteiger partial charge < -0.3 is 0 Å². The molecule has 1 aromatic rings. The molecule has 1 aromatic carbocycles. The summed E-state index contributed by atoms with van der Waals surface area (Å²) in [5.74, 6) is 1.91. The molecule has 0 unspecified atom stereocenters. The molecule has 1 aliphatic heterocycles. The molecule has 0 amide bonds. The second kappa shape index (κ2) is 5.69. The lowest BCUT2D eigenvalue weighted by Crippen LogP contribution is -2.51. The van der Waals surface area contributed by atoms with Crippen molar-refractivity contribution in [2.75, 3.05) is 26.2 Å². The Bertz CT molecular complexity index is 496. The van der Waals surface area contributed by atoms with E-state index in [1.807, 2.05) is 12.1 Å². The van der Waals surface area contributed by atoms with Crippen molar-refractivity contribution in [2.24, 2.45) is 11.8 Å². The molecule has 0 aromatic heterocycles. The quantitative estimate of drug-likeness (QED) is 0.843. The molecule has 114 valence electrons. The highest BCUT2D eigenvalue weighted by atomic mass is 19.1. The third kappa shape index (κ3) is 2.86. The highest BCUT2D eigenvalue weighted by Crippen LogP contribution is 2.46. The zero-order valence-corrected chi connectivity index (χ0v) is 12.7. The van der Waals surface area contributed by atoms with E-state index >= 15 is 0 Å². The Morgan fingerprint density at radius 1 is 1.05 bits per heavy atom. The normalized spacial score (nSPS) is 33.7. The summed E-state index contributed by atoms with van der Waals surface area (Å²) in [4.78, 5) is 5.21. The Labute approximate surface area is 126 Å². The van der Waals surface area contributed by atoms with Gasteiger partial charge in [-0.1, -0.05) is 18.6 Å². The van der Waals surface area contributed by atoms with Gasteiger partial charge in [-0.05, 0) is 48.8 Å². The Balaban J connectivity index is 1.31. The van der Waals surface area contributed by atoms with E-state index in [1.165, 1.54) is 44.8 Å². The van der Waals surface area contributed by atoms with Crippen molar-refractivity contribution in [1.82, 2.24) is 9.80 Å². The van der Waals surface area contributed by atoms with Crippen LogP contribution in [0.1, 0.15) is 31.2 Å². The van der Waals surface area contributed by atoms with Crippen LogP contribution in [-0.2, 0) is 6.54 Å². The van der Waals surface area contributed by atoms with Gasteiger partial charge in [-0.2, -0.15) is 0 Å². The van der Waals surface area contributed by atoms with Crippen LogP contribution >= 0.6 is 0 Å². The van der Waals surface area contributed by atoms with Gasteiger partial charge in [-0.15, -0.1) is 0 Å². The molecule has 4 rings (SSSR count). The molecule has 2 nitrogen and oxygen atoms in total. The minimum absolute atomic E-state index is 0.117. The summed E-state index contributed by atoms with van der Waals surface area (Å²) >= 11 is 0. The molecule has 1 saturated heterocycles. The maximum atomic E-state index is 13.2. The summed E-state index contributed by atoms with van der Waals surface area (Å²) < 4.78 is 13.2. The predicted octanol–water partition coefficient (Wildman–Crippen LogP) is 3.13. The van der Waals surface area contributed by atoms with Crippen molar-refractivity contribution in [3.8, 4) is 0 Å². The minimum atomic E-state index is -0.117. The Morgan fingerprint density at radius 2 is 1.90 bits per heavy atom. The lowest BCUT2D eigenvalue weighted by Gasteiger charge is -2.41. The van der Waals surface area contributed by atoms with E-state index in [4.69, 9.17) is 0 Å². The third-order valence-electron chi connectivity index (χ3n) is 5.87. The first kappa shape index (κ1) is 13.7. The van der Waals surface area contributed by atoms with Crippen LogP contribution in [0.4, 0.5) is 4.39 Å². The van der Waals surface area contributed by atoms with E-state index in [0.29, 0.717) is 0 Å². The molecule has 0 radical (unpaired) electrons. The molecule has 3 atom stereocenters. The van der Waals surface area contributed by atoms with Crippen molar-refractivity contribution in [2.45, 2.75) is 38.3 Å². The van der Waals surface area contributed by atoms with Gasteiger partial charge in [-0.25, -0.2) is 4.39 Å². The monoisotopic (exact) mass is 288 g/mol. The van der Waals surface area contributed by atoms with Gasteiger partial charge in [0.05, 0.1) is 0 Å². The van der Waals surface area contributed by atoms with Crippen LogP contribution < -0.4 is 0 Å². The van der Waals surface area contributed by atoms with E-state index in [-0.39, 0.29) is 5.82 Å². The lowest BCUT2D eigenvalue weighted by atomic mass is 9.93. The molecule has 0 N–H and O–H groups in total. The summed E-state index contributed by atoms with van der Waals surface area (Å²) in [7, 11) is 0. The first-order chi connectivity index (χ1) is 10.3. The smallest absolute Gasteiger partial charge is 0.123 e. The minimum Gasteiger partial charge on any atom is -0.298 e. The van der Waals surface area contributed by atoms with Crippen molar-refractivity contribution in [3.63, 3.8) is 0 Å². The van der Waals surface area contributed by atoms with Crippen molar-refractivity contribution >= 4 is 0 Å². The van der Waals surface area contributed by atoms with Crippen LogP contribution in [0.25, 0.3) is 0 Å². The second-order valence-corrected chi connectivity index (χ2v) is 7.18. The van der Waals surface area contributed by atoms with Crippen molar-refractivity contribution < 1.29 is 4.39 Å². The summed E-state index contributed by atoms with van der Waals surface area (Å²) in [6, 6.07) is 7.92. The maximum absolute atomic E-state index is 13.2. The molecular formula is C18H25FN2. The van der Waals surface area contributed by atoms with Gasteiger partial charge in [0.2, 0.25) is 0 Å². The van der Waals surface area contributed by atoms with Crippen LogP contribution in [0.3, 0.4) is 0 Å². The van der Waals surface area contributed by atoms with Crippen LogP contribution in [0.5, 0.6) is 0 Å². The standard InChI is InChI=1S/C18H25FN2/c19-17-3-1-2-15(11-17)13-20-6-8-21(9-7-20)18-12-14-4-5-16(18)10-14/h1-3,11,14,16,18H,4-10,12-13H2/t14-,16-,18+/m1/s1. The summed E-state index contributed by atoms with van der Waals surface area (Å²) in [5, 5.41) is 0. The average molecular weight is 288 g/mol. The van der Waals surface area contributed by atoms with Gasteiger partial charge in [0.15, 0.2) is 0 Å².